The van der Waals surface area contributed by atoms with E-state index in [1.54, 1.807) is 29.2 Å². The number of anilines is 2. The van der Waals surface area contributed by atoms with Gasteiger partial charge in [0, 0.05) is 24.3 Å². The van der Waals surface area contributed by atoms with Crippen molar-refractivity contribution in [1.82, 2.24) is 20.1 Å². The number of carbonyl (C=O) groups is 2. The third kappa shape index (κ3) is 3.80. The highest BCUT2D eigenvalue weighted by Crippen LogP contribution is 2.19. The van der Waals surface area contributed by atoms with E-state index in [1.165, 1.54) is 0 Å². The highest BCUT2D eigenvalue weighted by atomic mass is 16.5. The second-order valence-corrected chi connectivity index (χ2v) is 5.28. The van der Waals surface area contributed by atoms with Crippen LogP contribution >= 0.6 is 0 Å². The summed E-state index contributed by atoms with van der Waals surface area (Å²) >= 11 is 0. The smallest absolute Gasteiger partial charge is 0.335 e. The van der Waals surface area contributed by atoms with Gasteiger partial charge in [-0.25, -0.2) is 0 Å². The number of morpholine rings is 1. The molecule has 4 N–H and O–H groups in total. The lowest BCUT2D eigenvalue weighted by molar-refractivity contribution is 0.0303. The Morgan fingerprint density at radius 2 is 1.84 bits per heavy atom. The maximum absolute atomic E-state index is 12.4. The molecule has 2 heterocycles. The van der Waals surface area contributed by atoms with Gasteiger partial charge in [0.15, 0.2) is 11.5 Å². The van der Waals surface area contributed by atoms with Crippen LogP contribution in [0.5, 0.6) is 6.01 Å². The molecule has 0 bridgehead atoms. The molecule has 1 aliphatic heterocycles. The molecule has 0 radical (unpaired) electrons. The number of nitrogens with one attached hydrogen (secondary N) is 1. The Balaban J connectivity index is 1.76. The van der Waals surface area contributed by atoms with Crippen LogP contribution in [0.3, 0.4) is 0 Å². The van der Waals surface area contributed by atoms with Gasteiger partial charge >= 0.3 is 6.01 Å². The van der Waals surface area contributed by atoms with Gasteiger partial charge in [0.1, 0.15) is 0 Å². The lowest BCUT2D eigenvalue weighted by Gasteiger charge is -2.26. The Morgan fingerprint density at radius 3 is 2.48 bits per heavy atom. The van der Waals surface area contributed by atoms with Gasteiger partial charge in [-0.2, -0.15) is 4.98 Å². The molecule has 0 unspecified atom stereocenters. The van der Waals surface area contributed by atoms with Gasteiger partial charge in [-0.15, -0.1) is 5.10 Å². The molecule has 0 spiro atoms. The number of nitrogens with two attached hydrogens (primary N) is 1. The summed E-state index contributed by atoms with van der Waals surface area (Å²) in [7, 11) is 0. The van der Waals surface area contributed by atoms with Crippen molar-refractivity contribution < 1.29 is 19.4 Å². The first-order chi connectivity index (χ1) is 12.0. The van der Waals surface area contributed by atoms with Crippen LogP contribution in [0.25, 0.3) is 0 Å². The first-order valence-corrected chi connectivity index (χ1v) is 7.52. The molecule has 1 aliphatic rings. The predicted molar refractivity (Wildman–Crippen MR) is 86.5 cm³/mol. The van der Waals surface area contributed by atoms with Crippen LogP contribution in [0.2, 0.25) is 0 Å². The van der Waals surface area contributed by atoms with Gasteiger partial charge in [0.25, 0.3) is 11.8 Å². The van der Waals surface area contributed by atoms with Crippen molar-refractivity contribution in [1.29, 1.82) is 0 Å². The zero-order valence-electron chi connectivity index (χ0n) is 13.2. The van der Waals surface area contributed by atoms with E-state index in [4.69, 9.17) is 10.5 Å². The topological polar surface area (TPSA) is 144 Å². The Labute approximate surface area is 142 Å². The molecule has 1 saturated heterocycles. The summed E-state index contributed by atoms with van der Waals surface area (Å²) in [6.07, 6.45) is 0. The minimum Gasteiger partial charge on any atom is -0.478 e. The number of aromatic nitrogens is 3. The zero-order chi connectivity index (χ0) is 17.8. The number of nitrogens with zero attached hydrogens (tertiary/aromatic N) is 4. The Morgan fingerprint density at radius 1 is 1.16 bits per heavy atom. The zero-order valence-corrected chi connectivity index (χ0v) is 13.2. The SMILES string of the molecule is NC(=O)c1nnc(O)nc1Nc1ccc(C(=O)N2CCOCC2)cc1. The third-order valence-corrected chi connectivity index (χ3v) is 3.60. The quantitative estimate of drug-likeness (QED) is 0.697. The largest absolute Gasteiger partial charge is 0.478 e. The number of hydrogen-bond donors (Lipinski definition) is 3. The van der Waals surface area contributed by atoms with Crippen LogP contribution in [0.1, 0.15) is 20.8 Å². The van der Waals surface area contributed by atoms with E-state index in [0.717, 1.165) is 0 Å². The summed E-state index contributed by atoms with van der Waals surface area (Å²) < 4.78 is 5.23. The predicted octanol–water partition coefficient (Wildman–Crippen LogP) is -0.108. The fourth-order valence-electron chi connectivity index (χ4n) is 2.35. The number of ether oxygens (including phenoxy) is 1. The molecule has 0 saturated carbocycles. The summed E-state index contributed by atoms with van der Waals surface area (Å²) in [5.74, 6) is -0.928. The van der Waals surface area contributed by atoms with Gasteiger partial charge in [-0.05, 0) is 24.3 Å². The molecule has 1 aromatic carbocycles. The van der Waals surface area contributed by atoms with Crippen LogP contribution in [0.15, 0.2) is 24.3 Å². The Kier molecular flexibility index (Phi) is 4.70. The number of hydrogen-bond acceptors (Lipinski definition) is 8. The van der Waals surface area contributed by atoms with E-state index in [1.807, 2.05) is 0 Å². The van der Waals surface area contributed by atoms with Gasteiger partial charge in [0.2, 0.25) is 0 Å². The fourth-order valence-corrected chi connectivity index (χ4v) is 2.35. The molecule has 0 atom stereocenters. The Bertz CT molecular complexity index is 789. The van der Waals surface area contributed by atoms with Crippen LogP contribution in [0, 0.1) is 0 Å². The van der Waals surface area contributed by atoms with E-state index < -0.39 is 11.9 Å². The lowest BCUT2D eigenvalue weighted by Crippen LogP contribution is -2.40. The highest BCUT2D eigenvalue weighted by molar-refractivity contribution is 5.96. The molecule has 130 valence electrons. The van der Waals surface area contributed by atoms with Crippen molar-refractivity contribution in [2.24, 2.45) is 5.73 Å². The van der Waals surface area contributed by atoms with Crippen LogP contribution < -0.4 is 11.1 Å². The van der Waals surface area contributed by atoms with Gasteiger partial charge < -0.3 is 25.8 Å². The summed E-state index contributed by atoms with van der Waals surface area (Å²) in [6, 6.07) is 6.01. The summed E-state index contributed by atoms with van der Waals surface area (Å²) in [6.45, 7) is 2.19. The standard InChI is InChI=1S/C15H16N6O4/c16-12(22)11-13(18-15(24)20-19-11)17-10-3-1-9(2-4-10)14(23)21-5-7-25-8-6-21/h1-4H,5-8H2,(H2,16,22)(H2,17,18,20,24). The normalized spacial score (nSPS) is 14.2. The molecule has 2 aromatic rings. The summed E-state index contributed by atoms with van der Waals surface area (Å²) in [5.41, 5.74) is 6.07. The van der Waals surface area contributed by atoms with E-state index in [-0.39, 0.29) is 17.4 Å². The van der Waals surface area contributed by atoms with E-state index in [9.17, 15) is 14.7 Å². The Hall–Kier alpha value is -3.27. The molecule has 1 aromatic heterocycles. The van der Waals surface area contributed by atoms with Crippen LogP contribution in [0.4, 0.5) is 11.5 Å². The fraction of sp³-hybridized carbons (Fsp3) is 0.267. The van der Waals surface area contributed by atoms with E-state index in [0.29, 0.717) is 37.6 Å². The minimum atomic E-state index is -0.832. The first-order valence-electron chi connectivity index (χ1n) is 7.52. The van der Waals surface area contributed by atoms with Crippen molar-refractivity contribution in [2.45, 2.75) is 0 Å². The van der Waals surface area contributed by atoms with Gasteiger partial charge in [-0.3, -0.25) is 9.59 Å². The van der Waals surface area contributed by atoms with Crippen LogP contribution in [-0.4, -0.2) is 63.3 Å². The molecule has 3 rings (SSSR count). The van der Waals surface area contributed by atoms with Gasteiger partial charge in [0.05, 0.1) is 13.2 Å². The lowest BCUT2D eigenvalue weighted by atomic mass is 10.1. The molecule has 1 fully saturated rings. The van der Waals surface area contributed by atoms with Crippen molar-refractivity contribution in [3.05, 3.63) is 35.5 Å². The number of aromatic hydroxyl groups is 1. The maximum Gasteiger partial charge on any atom is 0.335 e. The van der Waals surface area contributed by atoms with Crippen molar-refractivity contribution in [3.63, 3.8) is 0 Å². The van der Waals surface area contributed by atoms with Crippen LogP contribution in [-0.2, 0) is 4.74 Å². The summed E-state index contributed by atoms with van der Waals surface area (Å²) in [5, 5.41) is 18.9. The average molecular weight is 344 g/mol. The number of benzene rings is 1. The molecule has 25 heavy (non-hydrogen) atoms. The third-order valence-electron chi connectivity index (χ3n) is 3.60. The number of carbonyl (C=O) groups excluding carboxylic acids is 2. The molecule has 0 aliphatic carbocycles. The highest BCUT2D eigenvalue weighted by Gasteiger charge is 2.19. The van der Waals surface area contributed by atoms with E-state index in [2.05, 4.69) is 20.5 Å². The summed E-state index contributed by atoms with van der Waals surface area (Å²) in [4.78, 5) is 29.1. The van der Waals surface area contributed by atoms with Crippen molar-refractivity contribution in [3.8, 4) is 6.01 Å². The van der Waals surface area contributed by atoms with Crippen molar-refractivity contribution in [2.75, 3.05) is 31.6 Å². The average Bonchev–Trinajstić information content (AvgIpc) is 2.62. The number of amides is 2. The number of rotatable bonds is 4. The molecule has 10 heteroatoms. The molecule has 10 nitrogen and oxygen atoms in total. The second kappa shape index (κ2) is 7.09. The first kappa shape index (κ1) is 16.6. The monoisotopic (exact) mass is 344 g/mol. The molecule has 2 amide bonds. The van der Waals surface area contributed by atoms with E-state index >= 15 is 0 Å². The molecular weight excluding hydrogens is 328 g/mol. The minimum absolute atomic E-state index is 0.0211. The van der Waals surface area contributed by atoms with Gasteiger partial charge in [-0.1, -0.05) is 5.10 Å². The molecular formula is C15H16N6O4. The second-order valence-electron chi connectivity index (χ2n) is 5.28. The van der Waals surface area contributed by atoms with Crippen molar-refractivity contribution >= 4 is 23.3 Å². The number of primary amides is 1. The maximum atomic E-state index is 12.4.